The molecule has 0 aliphatic carbocycles. The number of halogens is 4. The van der Waals surface area contributed by atoms with Crippen LogP contribution in [0.4, 0.5) is 9.18 Å². The van der Waals surface area contributed by atoms with E-state index in [1.165, 1.54) is 0 Å². The van der Waals surface area contributed by atoms with Gasteiger partial charge in [0.1, 0.15) is 23.8 Å². The minimum atomic E-state index is -1.63. The first-order chi connectivity index (χ1) is 15.7. The molecule has 2 aliphatic heterocycles. The molecule has 1 spiro atoms. The molecule has 1 amide bonds. The molecule has 2 heterocycles. The van der Waals surface area contributed by atoms with E-state index in [4.69, 9.17) is 49.0 Å². The van der Waals surface area contributed by atoms with E-state index in [0.717, 1.165) is 35.3 Å². The maximum atomic E-state index is 14.3. The van der Waals surface area contributed by atoms with Gasteiger partial charge in [-0.1, -0.05) is 53.0 Å². The maximum Gasteiger partial charge on any atom is 0.409 e. The molecule has 0 atom stereocenters. The van der Waals surface area contributed by atoms with Crippen LogP contribution in [-0.4, -0.2) is 47.2 Å². The third kappa shape index (κ3) is 5.86. The number of likely N-dealkylation sites (tertiary alicyclic amines) is 1. The first-order valence-corrected chi connectivity index (χ1v) is 11.9. The molecule has 0 bridgehead atoms. The molecule has 0 unspecified atom stereocenters. The first-order valence-electron chi connectivity index (χ1n) is 10.8. The highest BCUT2D eigenvalue weighted by molar-refractivity contribution is 6.67. The van der Waals surface area contributed by atoms with Crippen molar-refractivity contribution in [3.63, 3.8) is 0 Å². The van der Waals surface area contributed by atoms with E-state index in [1.54, 1.807) is 24.1 Å². The van der Waals surface area contributed by atoms with Gasteiger partial charge in [0.2, 0.25) is 3.79 Å². The Balaban J connectivity index is 1.40. The van der Waals surface area contributed by atoms with E-state index >= 15 is 0 Å². The third-order valence-electron chi connectivity index (χ3n) is 6.22. The SMILES string of the molecule is COCc1ccc(-c2ccc3c(c2)CCC2(CCN(C(=O)OCC(Cl)(Cl)Cl)CC2)O3)cc1F. The van der Waals surface area contributed by atoms with Crippen molar-refractivity contribution in [2.24, 2.45) is 0 Å². The molecule has 0 N–H and O–H groups in total. The van der Waals surface area contributed by atoms with Gasteiger partial charge < -0.3 is 19.1 Å². The van der Waals surface area contributed by atoms with E-state index < -0.39 is 9.89 Å². The average molecular weight is 517 g/mol. The van der Waals surface area contributed by atoms with E-state index in [9.17, 15) is 9.18 Å². The number of fused-ring (bicyclic) bond motifs is 1. The molecule has 2 aliphatic rings. The van der Waals surface area contributed by atoms with Crippen molar-refractivity contribution in [1.29, 1.82) is 0 Å². The van der Waals surface area contributed by atoms with Gasteiger partial charge in [0.15, 0.2) is 0 Å². The van der Waals surface area contributed by atoms with E-state index in [1.807, 2.05) is 18.2 Å². The average Bonchev–Trinajstić information content (AvgIpc) is 2.79. The second-order valence-corrected chi connectivity index (χ2v) is 11.0. The fraction of sp³-hybridized carbons (Fsp3) is 0.458. The Hall–Kier alpha value is -1.73. The minimum absolute atomic E-state index is 0.244. The molecule has 0 saturated carbocycles. The van der Waals surface area contributed by atoms with Gasteiger partial charge in [-0.05, 0) is 47.7 Å². The molecule has 9 heteroatoms. The molecule has 178 valence electrons. The largest absolute Gasteiger partial charge is 0.487 e. The molecule has 33 heavy (non-hydrogen) atoms. The summed E-state index contributed by atoms with van der Waals surface area (Å²) in [6.07, 6.45) is 2.61. The van der Waals surface area contributed by atoms with Crippen LogP contribution in [0.1, 0.15) is 30.4 Å². The highest BCUT2D eigenvalue weighted by Gasteiger charge is 2.41. The summed E-state index contributed by atoms with van der Waals surface area (Å²) in [6.45, 7) is 0.982. The van der Waals surface area contributed by atoms with Crippen molar-refractivity contribution in [3.05, 3.63) is 53.3 Å². The topological polar surface area (TPSA) is 48.0 Å². The lowest BCUT2D eigenvalue weighted by molar-refractivity contribution is -0.0141. The summed E-state index contributed by atoms with van der Waals surface area (Å²) in [4.78, 5) is 13.8. The maximum absolute atomic E-state index is 14.3. The lowest BCUT2D eigenvalue weighted by Gasteiger charge is -2.44. The van der Waals surface area contributed by atoms with Gasteiger partial charge in [0, 0.05) is 38.6 Å². The molecular weight excluding hydrogens is 492 g/mol. The summed E-state index contributed by atoms with van der Waals surface area (Å²) in [5, 5.41) is 0. The van der Waals surface area contributed by atoms with Crippen LogP contribution in [0.2, 0.25) is 0 Å². The zero-order chi connectivity index (χ0) is 23.6. The Morgan fingerprint density at radius 2 is 1.82 bits per heavy atom. The number of carbonyl (C=O) groups is 1. The number of rotatable bonds is 4. The molecule has 2 aromatic rings. The molecule has 4 rings (SSSR count). The number of hydrogen-bond donors (Lipinski definition) is 0. The highest BCUT2D eigenvalue weighted by atomic mass is 35.6. The number of methoxy groups -OCH3 is 1. The van der Waals surface area contributed by atoms with Crippen LogP contribution >= 0.6 is 34.8 Å². The number of alkyl halides is 3. The molecule has 0 aromatic heterocycles. The Morgan fingerprint density at radius 1 is 1.12 bits per heavy atom. The number of piperidine rings is 1. The van der Waals surface area contributed by atoms with E-state index in [2.05, 4.69) is 6.07 Å². The lowest BCUT2D eigenvalue weighted by Crippen LogP contribution is -2.51. The number of aryl methyl sites for hydroxylation is 1. The Bertz CT molecular complexity index is 1020. The summed E-state index contributed by atoms with van der Waals surface area (Å²) < 4.78 is 29.3. The molecule has 0 radical (unpaired) electrons. The van der Waals surface area contributed by atoms with Gasteiger partial charge in [0.25, 0.3) is 0 Å². The quantitative estimate of drug-likeness (QED) is 0.447. The van der Waals surface area contributed by atoms with Crippen LogP contribution in [0, 0.1) is 5.82 Å². The molecular formula is C24H25Cl3FNO4. The minimum Gasteiger partial charge on any atom is -0.487 e. The zero-order valence-electron chi connectivity index (χ0n) is 18.2. The van der Waals surface area contributed by atoms with Crippen LogP contribution < -0.4 is 4.74 Å². The standard InChI is InChI=1S/C24H25Cl3FNO4/c1-31-14-19-3-2-17(13-20(19)28)16-4-5-21-18(12-16)6-7-23(33-21)8-10-29(11-9-23)22(30)32-15-24(25,26)27/h2-5,12-13H,6-11,14-15H2,1H3. The number of ether oxygens (including phenoxy) is 3. The third-order valence-corrected chi connectivity index (χ3v) is 6.54. The van der Waals surface area contributed by atoms with Gasteiger partial charge in [-0.15, -0.1) is 0 Å². The fourth-order valence-electron chi connectivity index (χ4n) is 4.38. The van der Waals surface area contributed by atoms with Gasteiger partial charge in [-0.3, -0.25) is 0 Å². The van der Waals surface area contributed by atoms with Crippen LogP contribution in [-0.2, 0) is 22.5 Å². The van der Waals surface area contributed by atoms with Crippen molar-refractivity contribution >= 4 is 40.9 Å². The zero-order valence-corrected chi connectivity index (χ0v) is 20.5. The summed E-state index contributed by atoms with van der Waals surface area (Å²) in [5.74, 6) is 0.565. The smallest absolute Gasteiger partial charge is 0.409 e. The number of carbonyl (C=O) groups excluding carboxylic acids is 1. The lowest BCUT2D eigenvalue weighted by atomic mass is 9.82. The van der Waals surface area contributed by atoms with Gasteiger partial charge in [-0.25, -0.2) is 9.18 Å². The molecule has 1 fully saturated rings. The fourth-order valence-corrected chi connectivity index (χ4v) is 4.55. The monoisotopic (exact) mass is 515 g/mol. The van der Waals surface area contributed by atoms with Gasteiger partial charge >= 0.3 is 6.09 Å². The first kappa shape index (κ1) is 24.4. The predicted molar refractivity (Wildman–Crippen MR) is 127 cm³/mol. The predicted octanol–water partition coefficient (Wildman–Crippen LogP) is 6.31. The second-order valence-electron chi connectivity index (χ2n) is 8.50. The number of amides is 1. The second kappa shape index (κ2) is 9.87. The molecule has 5 nitrogen and oxygen atoms in total. The molecule has 1 saturated heterocycles. The summed E-state index contributed by atoms with van der Waals surface area (Å²) in [7, 11) is 1.55. The summed E-state index contributed by atoms with van der Waals surface area (Å²) in [5.41, 5.74) is 3.09. The van der Waals surface area contributed by atoms with Gasteiger partial charge in [-0.2, -0.15) is 0 Å². The van der Waals surface area contributed by atoms with Crippen molar-refractivity contribution < 1.29 is 23.4 Å². The van der Waals surface area contributed by atoms with Crippen LogP contribution in [0.25, 0.3) is 11.1 Å². The Labute approximate surface area is 207 Å². The van der Waals surface area contributed by atoms with E-state index in [0.29, 0.717) is 31.5 Å². The highest BCUT2D eigenvalue weighted by Crippen LogP contribution is 2.41. The van der Waals surface area contributed by atoms with Crippen LogP contribution in [0.15, 0.2) is 36.4 Å². The summed E-state index contributed by atoms with van der Waals surface area (Å²) >= 11 is 16.9. The van der Waals surface area contributed by atoms with Gasteiger partial charge in [0.05, 0.1) is 6.61 Å². The summed E-state index contributed by atoms with van der Waals surface area (Å²) in [6, 6.07) is 11.2. The van der Waals surface area contributed by atoms with Crippen molar-refractivity contribution in [3.8, 4) is 16.9 Å². The molecule has 2 aromatic carbocycles. The number of hydrogen-bond acceptors (Lipinski definition) is 4. The van der Waals surface area contributed by atoms with E-state index in [-0.39, 0.29) is 24.6 Å². The van der Waals surface area contributed by atoms with Crippen molar-refractivity contribution in [2.45, 2.75) is 41.7 Å². The Morgan fingerprint density at radius 3 is 2.48 bits per heavy atom. The Kier molecular flexibility index (Phi) is 7.29. The number of nitrogens with zero attached hydrogens (tertiary/aromatic N) is 1. The normalized spacial score (nSPS) is 17.4. The van der Waals surface area contributed by atoms with Crippen LogP contribution in [0.3, 0.4) is 0 Å². The number of benzene rings is 2. The van der Waals surface area contributed by atoms with Crippen molar-refractivity contribution in [2.75, 3.05) is 26.8 Å². The van der Waals surface area contributed by atoms with Crippen LogP contribution in [0.5, 0.6) is 5.75 Å². The van der Waals surface area contributed by atoms with Crippen molar-refractivity contribution in [1.82, 2.24) is 4.90 Å².